The largest absolute Gasteiger partial charge is 0.462 e. The lowest BCUT2D eigenvalue weighted by Gasteiger charge is -2.73. The molecule has 2 N–H and O–H groups in total. The third-order valence-corrected chi connectivity index (χ3v) is 8.96. The number of hydrogen-bond donors (Lipinski definition) is 2. The Balaban J connectivity index is 1.77. The number of ketones is 1. The molecule has 0 amide bonds. The third-order valence-electron chi connectivity index (χ3n) is 8.96. The molecule has 6 unspecified atom stereocenters. The quantitative estimate of drug-likeness (QED) is 0.525. The van der Waals surface area contributed by atoms with Gasteiger partial charge < -0.3 is 19.7 Å². The first-order valence-electron chi connectivity index (χ1n) is 10.5. The first-order valence-corrected chi connectivity index (χ1v) is 10.5. The summed E-state index contributed by atoms with van der Waals surface area (Å²) in [7, 11) is 0. The Bertz CT molecular complexity index is 788. The molecule has 0 aromatic carbocycles. The molecule has 6 fully saturated rings. The van der Waals surface area contributed by atoms with Crippen molar-refractivity contribution in [1.29, 1.82) is 0 Å². The second kappa shape index (κ2) is 5.27. The molecule has 0 aromatic heterocycles. The van der Waals surface area contributed by atoms with Gasteiger partial charge in [-0.2, -0.15) is 0 Å². The number of Topliss-reactive ketones (excluding diaryl/α,β-unsaturated/α-hetero) is 1. The summed E-state index contributed by atoms with van der Waals surface area (Å²) in [5.41, 5.74) is -1.53. The van der Waals surface area contributed by atoms with Crippen molar-refractivity contribution in [2.75, 3.05) is 6.61 Å². The van der Waals surface area contributed by atoms with Crippen molar-refractivity contribution in [3.63, 3.8) is 0 Å². The van der Waals surface area contributed by atoms with E-state index >= 15 is 0 Å². The Morgan fingerprint density at radius 1 is 1.29 bits per heavy atom. The van der Waals surface area contributed by atoms with E-state index in [2.05, 4.69) is 20.4 Å². The summed E-state index contributed by atoms with van der Waals surface area (Å²) in [6.07, 6.45) is 2.03. The lowest BCUT2D eigenvalue weighted by molar-refractivity contribution is -0.445. The molecular weight excluding hydrogens is 360 g/mol. The molecule has 6 aliphatic rings. The van der Waals surface area contributed by atoms with Crippen LogP contribution in [-0.4, -0.2) is 46.6 Å². The van der Waals surface area contributed by atoms with E-state index in [1.807, 2.05) is 0 Å². The highest BCUT2D eigenvalue weighted by molar-refractivity contribution is 6.04. The van der Waals surface area contributed by atoms with Crippen molar-refractivity contribution < 1.29 is 29.3 Å². The van der Waals surface area contributed by atoms with Crippen LogP contribution in [0.3, 0.4) is 0 Å². The third kappa shape index (κ3) is 1.81. The second-order valence-electron chi connectivity index (χ2n) is 10.6. The van der Waals surface area contributed by atoms with Crippen LogP contribution in [0.15, 0.2) is 12.2 Å². The van der Waals surface area contributed by atoms with Crippen LogP contribution in [0, 0.1) is 34.0 Å². The van der Waals surface area contributed by atoms with E-state index in [-0.39, 0.29) is 41.5 Å². The average molecular weight is 390 g/mol. The minimum Gasteiger partial charge on any atom is -0.462 e. The number of esters is 1. The van der Waals surface area contributed by atoms with Crippen LogP contribution in [0.4, 0.5) is 0 Å². The molecule has 2 aliphatic heterocycles. The number of fused-ring (bicyclic) bond motifs is 2. The number of carbonyl (C=O) groups excluding carboxylic acids is 2. The van der Waals surface area contributed by atoms with Gasteiger partial charge in [0.15, 0.2) is 5.78 Å². The standard InChI is InChI=1S/C22H30O6/c1-11-13-8-14(28-12(2)23)15-20-7-5-6-19(3,4)16(20)18(25)22(26,27-10-20)21(15,9-13)17(11)24/h13-16,18,25-26H,1,5-10H2,2-4H3/t13-,14?,15?,16?,18?,20?,21+,22?/m0/s1. The van der Waals surface area contributed by atoms with Crippen LogP contribution in [0.5, 0.6) is 0 Å². The molecular formula is C22H30O6. The van der Waals surface area contributed by atoms with Gasteiger partial charge in [0, 0.05) is 24.2 Å². The zero-order chi connectivity index (χ0) is 20.3. The van der Waals surface area contributed by atoms with Crippen LogP contribution in [0.1, 0.15) is 52.9 Å². The highest BCUT2D eigenvalue weighted by Gasteiger charge is 2.84. The first-order chi connectivity index (χ1) is 13.0. The summed E-state index contributed by atoms with van der Waals surface area (Å²) >= 11 is 0. The van der Waals surface area contributed by atoms with E-state index in [9.17, 15) is 19.8 Å². The Labute approximate surface area is 165 Å². The molecule has 2 heterocycles. The monoisotopic (exact) mass is 390 g/mol. The number of allylic oxidation sites excluding steroid dienone is 1. The second-order valence-corrected chi connectivity index (χ2v) is 10.6. The van der Waals surface area contributed by atoms with Gasteiger partial charge in [0.2, 0.25) is 5.79 Å². The molecule has 4 bridgehead atoms. The lowest BCUT2D eigenvalue weighted by atomic mass is 9.36. The molecule has 2 spiro atoms. The molecule has 2 saturated heterocycles. The SMILES string of the molecule is C=C1C(=O)[C@@]23C[C@@H]1CC(OC(C)=O)C2C12CCCC(C)(C)C1C(O)C3(O)OC2. The summed E-state index contributed by atoms with van der Waals surface area (Å²) in [4.78, 5) is 25.5. The van der Waals surface area contributed by atoms with Crippen LogP contribution in [0.2, 0.25) is 0 Å². The van der Waals surface area contributed by atoms with Crippen molar-refractivity contribution in [1.82, 2.24) is 0 Å². The fraction of sp³-hybridized carbons (Fsp3) is 0.818. The molecule has 0 aromatic rings. The van der Waals surface area contributed by atoms with Crippen molar-refractivity contribution in [2.24, 2.45) is 34.0 Å². The molecule has 0 radical (unpaired) electrons. The molecule has 6 nitrogen and oxygen atoms in total. The smallest absolute Gasteiger partial charge is 0.302 e. The molecule has 4 aliphatic carbocycles. The van der Waals surface area contributed by atoms with Gasteiger partial charge in [0.1, 0.15) is 12.2 Å². The van der Waals surface area contributed by atoms with E-state index in [1.54, 1.807) is 0 Å². The van der Waals surface area contributed by atoms with Crippen LogP contribution in [-0.2, 0) is 19.1 Å². The van der Waals surface area contributed by atoms with Crippen LogP contribution < -0.4 is 0 Å². The van der Waals surface area contributed by atoms with E-state index in [4.69, 9.17) is 9.47 Å². The molecule has 6 rings (SSSR count). The van der Waals surface area contributed by atoms with Gasteiger partial charge >= 0.3 is 5.97 Å². The number of hydrogen-bond acceptors (Lipinski definition) is 6. The van der Waals surface area contributed by atoms with E-state index in [1.165, 1.54) is 6.92 Å². The van der Waals surface area contributed by atoms with Gasteiger partial charge in [-0.25, -0.2) is 0 Å². The van der Waals surface area contributed by atoms with Gasteiger partial charge in [-0.15, -0.1) is 0 Å². The lowest BCUT2D eigenvalue weighted by Crippen LogP contribution is -2.83. The highest BCUT2D eigenvalue weighted by Crippen LogP contribution is 2.76. The molecule has 4 saturated carbocycles. The van der Waals surface area contributed by atoms with Gasteiger partial charge in [0.25, 0.3) is 0 Å². The van der Waals surface area contributed by atoms with Gasteiger partial charge in [0.05, 0.1) is 12.0 Å². The van der Waals surface area contributed by atoms with Gasteiger partial charge in [-0.1, -0.05) is 26.8 Å². The predicted octanol–water partition coefficient (Wildman–Crippen LogP) is 1.98. The fourth-order valence-electron chi connectivity index (χ4n) is 8.28. The number of aliphatic hydroxyl groups is 2. The van der Waals surface area contributed by atoms with E-state index in [0.717, 1.165) is 19.3 Å². The maximum absolute atomic E-state index is 13.6. The van der Waals surface area contributed by atoms with Crippen molar-refractivity contribution >= 4 is 11.8 Å². The Hall–Kier alpha value is -1.24. The maximum Gasteiger partial charge on any atom is 0.302 e. The van der Waals surface area contributed by atoms with Crippen molar-refractivity contribution in [3.8, 4) is 0 Å². The molecule has 28 heavy (non-hydrogen) atoms. The summed E-state index contributed by atoms with van der Waals surface area (Å²) < 4.78 is 11.8. The topological polar surface area (TPSA) is 93.1 Å². The fourth-order valence-corrected chi connectivity index (χ4v) is 8.28. The van der Waals surface area contributed by atoms with E-state index in [0.29, 0.717) is 18.4 Å². The van der Waals surface area contributed by atoms with Crippen molar-refractivity contribution in [3.05, 3.63) is 12.2 Å². The van der Waals surface area contributed by atoms with Gasteiger partial charge in [-0.3, -0.25) is 9.59 Å². The Kier molecular flexibility index (Phi) is 3.53. The number of carbonyl (C=O) groups is 2. The highest BCUT2D eigenvalue weighted by atomic mass is 16.6. The van der Waals surface area contributed by atoms with Gasteiger partial charge in [-0.05, 0) is 42.6 Å². The summed E-state index contributed by atoms with van der Waals surface area (Å²) in [6, 6.07) is 0. The summed E-state index contributed by atoms with van der Waals surface area (Å²) in [6.45, 7) is 9.93. The van der Waals surface area contributed by atoms with Crippen LogP contribution >= 0.6 is 0 Å². The summed E-state index contributed by atoms with van der Waals surface area (Å²) in [5, 5.41) is 23.2. The Morgan fingerprint density at radius 3 is 2.68 bits per heavy atom. The van der Waals surface area contributed by atoms with E-state index < -0.39 is 28.8 Å². The predicted molar refractivity (Wildman–Crippen MR) is 98.8 cm³/mol. The molecule has 8 atom stereocenters. The molecule has 154 valence electrons. The molecule has 6 heteroatoms. The minimum atomic E-state index is -1.97. The van der Waals surface area contributed by atoms with Crippen LogP contribution in [0.25, 0.3) is 0 Å². The average Bonchev–Trinajstić information content (AvgIpc) is 2.78. The number of ether oxygens (including phenoxy) is 2. The zero-order valence-corrected chi connectivity index (χ0v) is 16.9. The summed E-state index contributed by atoms with van der Waals surface area (Å²) in [5.74, 6) is -3.29. The normalized spacial score (nSPS) is 53.5. The maximum atomic E-state index is 13.6. The number of rotatable bonds is 1. The Morgan fingerprint density at radius 2 is 2.00 bits per heavy atom. The first kappa shape index (κ1) is 18.8. The number of aliphatic hydroxyl groups excluding tert-OH is 1. The minimum absolute atomic E-state index is 0.154. The van der Waals surface area contributed by atoms with Crippen molar-refractivity contribution in [2.45, 2.75) is 70.9 Å². The zero-order valence-electron chi connectivity index (χ0n) is 16.9.